The number of allylic oxidation sites excluding steroid dienone is 4. The van der Waals surface area contributed by atoms with Crippen LogP contribution in [0.5, 0.6) is 0 Å². The molecule has 0 radical (unpaired) electrons. The highest BCUT2D eigenvalue weighted by Gasteiger charge is 2.64. The number of carbonyl (C=O) groups is 1. The number of esters is 1. The van der Waals surface area contributed by atoms with Gasteiger partial charge in [-0.05, 0) is 147 Å². The first-order valence-corrected chi connectivity index (χ1v) is 25.5. The number of carbonyl (C=O) groups excluding carboxylic acids is 1. The van der Waals surface area contributed by atoms with Crippen molar-refractivity contribution in [3.8, 4) is 0 Å². The third-order valence-corrected chi connectivity index (χ3v) is 19.5. The van der Waals surface area contributed by atoms with Gasteiger partial charge in [0.2, 0.25) is 5.90 Å². The first kappa shape index (κ1) is 43.7. The van der Waals surface area contributed by atoms with Gasteiger partial charge in [-0.3, -0.25) is 9.79 Å². The van der Waals surface area contributed by atoms with Crippen molar-refractivity contribution < 1.29 is 22.7 Å². The van der Waals surface area contributed by atoms with Gasteiger partial charge in [-0.25, -0.2) is 8.42 Å². The Bertz CT molecular complexity index is 1970. The fraction of sp³-hybridized carbons (Fsp3) is 0.720. The molecule has 9 nitrogen and oxygen atoms in total. The van der Waals surface area contributed by atoms with Crippen LogP contribution < -0.4 is 11.1 Å². The zero-order chi connectivity index (χ0) is 42.3. The summed E-state index contributed by atoms with van der Waals surface area (Å²) in [5.74, 6) is 5.14. The first-order chi connectivity index (χ1) is 28.8. The van der Waals surface area contributed by atoms with Gasteiger partial charge in [0.1, 0.15) is 12.0 Å². The highest BCUT2D eigenvalue weighted by atomic mass is 32.2. The van der Waals surface area contributed by atoms with Crippen LogP contribution >= 0.6 is 0 Å². The fourth-order valence-corrected chi connectivity index (χ4v) is 15.9. The molecule has 0 aromatic heterocycles. The maximum Gasteiger partial charge on any atom is 0.315 e. The van der Waals surface area contributed by atoms with E-state index in [9.17, 15) is 13.2 Å². The van der Waals surface area contributed by atoms with E-state index in [0.717, 1.165) is 55.2 Å². The molecule has 330 valence electrons. The number of sulfone groups is 1. The predicted molar refractivity (Wildman–Crippen MR) is 242 cm³/mol. The maximum absolute atomic E-state index is 13.7. The lowest BCUT2D eigenvalue weighted by atomic mass is 9.38. The van der Waals surface area contributed by atoms with Crippen LogP contribution in [0.2, 0.25) is 0 Å². The highest BCUT2D eigenvalue weighted by molar-refractivity contribution is 7.91. The molecule has 0 bridgehead atoms. The van der Waals surface area contributed by atoms with Gasteiger partial charge < -0.3 is 25.4 Å². The monoisotopic (exact) mass is 843 g/mol. The molecule has 10 heteroatoms. The predicted octanol–water partition coefficient (Wildman–Crippen LogP) is 8.37. The molecule has 1 heterocycles. The molecule has 60 heavy (non-hydrogen) atoms. The lowest BCUT2D eigenvalue weighted by molar-refractivity contribution is -0.166. The van der Waals surface area contributed by atoms with Crippen LogP contribution in [-0.2, 0) is 24.1 Å². The number of nitrogens with two attached hydrogens (primary N) is 1. The number of hydrogen-bond donors (Lipinski definition) is 2. The number of nitrogens with one attached hydrogen (secondary N) is 1. The molecular weight excluding hydrogens is 769 g/mol. The number of fused-ring (bicyclic) bond motifs is 7. The lowest BCUT2D eigenvalue weighted by Gasteiger charge is -2.67. The summed E-state index contributed by atoms with van der Waals surface area (Å²) in [4.78, 5) is 20.4. The van der Waals surface area contributed by atoms with Crippen molar-refractivity contribution in [2.75, 3.05) is 57.9 Å². The summed E-state index contributed by atoms with van der Waals surface area (Å²) in [6.45, 7) is 13.6. The molecule has 1 aliphatic heterocycles. The van der Waals surface area contributed by atoms with Gasteiger partial charge in [-0.2, -0.15) is 0 Å². The number of nitrogens with zero attached hydrogens (tertiary/aromatic N) is 2. The molecule has 8 rings (SSSR count). The quantitative estimate of drug-likeness (QED) is 0.130. The Morgan fingerprint density at radius 3 is 2.42 bits per heavy atom. The average molecular weight is 843 g/mol. The number of hydrogen-bond acceptors (Lipinski definition) is 9. The van der Waals surface area contributed by atoms with Gasteiger partial charge in [0.15, 0.2) is 9.84 Å². The molecule has 3 N–H and O–H groups in total. The van der Waals surface area contributed by atoms with Crippen molar-refractivity contribution in [2.45, 2.75) is 117 Å². The minimum Gasteiger partial charge on any atom is -0.477 e. The summed E-state index contributed by atoms with van der Waals surface area (Å²) in [5.41, 5.74) is 11.0. The van der Waals surface area contributed by atoms with E-state index in [1.165, 1.54) is 68.9 Å². The van der Waals surface area contributed by atoms with Gasteiger partial charge in [0.05, 0.1) is 18.1 Å². The number of rotatable bonds is 11. The summed E-state index contributed by atoms with van der Waals surface area (Å²) in [6, 6.07) is 9.78. The number of ether oxygens (including phenoxy) is 2. The summed E-state index contributed by atoms with van der Waals surface area (Å²) in [7, 11) is -1.15. The Hall–Kier alpha value is -2.95. The Morgan fingerprint density at radius 1 is 0.933 bits per heavy atom. The van der Waals surface area contributed by atoms with Gasteiger partial charge in [-0.1, -0.05) is 69.7 Å². The van der Waals surface area contributed by atoms with Crippen molar-refractivity contribution in [3.05, 3.63) is 65.3 Å². The molecule has 1 aromatic carbocycles. The molecule has 6 unspecified atom stereocenters. The van der Waals surface area contributed by atoms with Crippen LogP contribution in [0.4, 0.5) is 0 Å². The van der Waals surface area contributed by atoms with E-state index in [1.807, 2.05) is 37.3 Å². The summed E-state index contributed by atoms with van der Waals surface area (Å²) < 4.78 is 36.0. The van der Waals surface area contributed by atoms with Crippen LogP contribution in [-0.4, -0.2) is 88.7 Å². The van der Waals surface area contributed by atoms with Crippen LogP contribution in [0.25, 0.3) is 5.70 Å². The normalized spacial score (nSPS) is 39.3. The van der Waals surface area contributed by atoms with Crippen molar-refractivity contribution >= 4 is 27.4 Å². The Morgan fingerprint density at radius 2 is 1.70 bits per heavy atom. The Kier molecular flexibility index (Phi) is 12.6. The van der Waals surface area contributed by atoms with Crippen LogP contribution in [0.3, 0.4) is 0 Å². The minimum atomic E-state index is -2.84. The molecule has 7 aliphatic rings. The number of aliphatic imine (C=N–C) groups is 1. The molecule has 5 fully saturated rings. The van der Waals surface area contributed by atoms with Crippen LogP contribution in [0.15, 0.2) is 64.7 Å². The first-order valence-electron chi connectivity index (χ1n) is 23.6. The second-order valence-electron chi connectivity index (χ2n) is 20.6. The second kappa shape index (κ2) is 17.3. The SMILES string of the molecule is CCOC(=O)C1(COC(C=C(N)c2ccccc2)=NC)CC=C(C2=CC[C@@]3(C)C(CC[C@@]4(C)C5CC[C@@]6(NCCN7CCS(=O)(=O)CC7)CCCC6[C@H]5CCC34)C2C)CC1. The zero-order valence-corrected chi connectivity index (χ0v) is 38.2. The van der Waals surface area contributed by atoms with E-state index in [0.29, 0.717) is 78.3 Å². The van der Waals surface area contributed by atoms with Gasteiger partial charge in [0, 0.05) is 50.5 Å². The minimum absolute atomic E-state index is 0.193. The zero-order valence-electron chi connectivity index (χ0n) is 37.4. The lowest BCUT2D eigenvalue weighted by Crippen LogP contribution is -2.63. The van der Waals surface area contributed by atoms with Gasteiger partial charge in [0.25, 0.3) is 0 Å². The molecule has 4 saturated carbocycles. The number of benzene rings is 1. The molecule has 1 saturated heterocycles. The van der Waals surface area contributed by atoms with Crippen molar-refractivity contribution in [2.24, 2.45) is 62.5 Å². The highest BCUT2D eigenvalue weighted by Crippen LogP contribution is 2.71. The van der Waals surface area contributed by atoms with Crippen molar-refractivity contribution in [1.82, 2.24) is 10.2 Å². The second-order valence-corrected chi connectivity index (χ2v) is 22.9. The smallest absolute Gasteiger partial charge is 0.315 e. The summed E-state index contributed by atoms with van der Waals surface area (Å²) in [5, 5.41) is 4.17. The summed E-state index contributed by atoms with van der Waals surface area (Å²) >= 11 is 0. The van der Waals surface area contributed by atoms with Gasteiger partial charge in [-0.15, -0.1) is 0 Å². The van der Waals surface area contributed by atoms with E-state index in [-0.39, 0.29) is 18.1 Å². The molecular formula is C50H74N4O5S. The van der Waals surface area contributed by atoms with E-state index in [1.54, 1.807) is 13.1 Å². The molecule has 1 aromatic rings. The van der Waals surface area contributed by atoms with Crippen molar-refractivity contribution in [1.29, 1.82) is 0 Å². The molecule has 0 spiro atoms. The average Bonchev–Trinajstić information content (AvgIpc) is 3.68. The van der Waals surface area contributed by atoms with Crippen LogP contribution in [0, 0.1) is 51.8 Å². The van der Waals surface area contributed by atoms with Crippen molar-refractivity contribution in [3.63, 3.8) is 0 Å². The molecule has 10 atom stereocenters. The van der Waals surface area contributed by atoms with E-state index < -0.39 is 15.3 Å². The molecule has 0 amide bonds. The third-order valence-electron chi connectivity index (χ3n) is 17.8. The van der Waals surface area contributed by atoms with E-state index >= 15 is 0 Å². The third kappa shape index (κ3) is 8.08. The Balaban J connectivity index is 0.933. The fourth-order valence-electron chi connectivity index (χ4n) is 14.7. The largest absolute Gasteiger partial charge is 0.477 e. The van der Waals surface area contributed by atoms with E-state index in [2.05, 4.69) is 48.1 Å². The maximum atomic E-state index is 13.7. The Labute approximate surface area is 361 Å². The standard InChI is InChI=1S/C50H74N4O5S/c1-6-58-46(55)49(34-59-45(52-5)33-43(51)37-11-8-7-9-12-37)24-16-36(17-25-49)38-18-22-47(3)40(35(38)2)19-23-48(4)41-20-26-50(21-10-13-42(50)39(41)14-15-44(47)48)53-27-28-54-29-31-60(56,57)32-30-54/h7-9,11-12,16,18,33,35,39-42,44,53H,6,10,13-15,17,19-32,34,51H2,1-5H3/t35?,39-,40?,41?,42?,44?,47-,48-,49?,50-/m0/s1. The van der Waals surface area contributed by atoms with Crippen LogP contribution in [0.1, 0.15) is 117 Å². The molecule has 6 aliphatic carbocycles. The topological polar surface area (TPSA) is 123 Å². The summed E-state index contributed by atoms with van der Waals surface area (Å²) in [6.07, 6.45) is 22.0. The van der Waals surface area contributed by atoms with Gasteiger partial charge >= 0.3 is 5.97 Å². The van der Waals surface area contributed by atoms with E-state index in [4.69, 9.17) is 15.2 Å².